The molecule has 3 saturated carbocycles. The van der Waals surface area contributed by atoms with E-state index in [0.717, 1.165) is 42.4 Å². The number of rotatable bonds is 13. The Morgan fingerprint density at radius 3 is 1.62 bits per heavy atom. The Bertz CT molecular complexity index is 837. The molecule has 3 fully saturated rings. The minimum atomic E-state index is -1.17. The zero-order chi connectivity index (χ0) is 27.6. The average Bonchev–Trinajstić information content (AvgIpc) is 2.96. The van der Waals surface area contributed by atoms with Crippen molar-refractivity contribution in [1.82, 2.24) is 0 Å². The van der Waals surface area contributed by atoms with Crippen LogP contribution in [0.15, 0.2) is 12.1 Å². The maximum Gasteiger partial charge on any atom is 0.204 e. The van der Waals surface area contributed by atoms with Crippen LogP contribution in [0.2, 0.25) is 0 Å². The molecule has 4 rings (SSSR count). The number of hydrogen-bond donors (Lipinski definition) is 0. The molecule has 0 spiro atoms. The summed E-state index contributed by atoms with van der Waals surface area (Å²) < 4.78 is 53.3. The van der Waals surface area contributed by atoms with E-state index in [1.54, 1.807) is 6.92 Å². The van der Waals surface area contributed by atoms with Crippen molar-refractivity contribution < 1.29 is 22.6 Å². The van der Waals surface area contributed by atoms with E-state index in [1.807, 2.05) is 0 Å². The summed E-state index contributed by atoms with van der Waals surface area (Å²) in [5.74, 6) is 2.41. The van der Waals surface area contributed by atoms with Crippen molar-refractivity contribution in [1.29, 1.82) is 0 Å². The Labute approximate surface area is 235 Å². The summed E-state index contributed by atoms with van der Waals surface area (Å²) in [6.45, 7) is 4.01. The summed E-state index contributed by atoms with van der Waals surface area (Å²) in [6, 6.07) is 2.65. The Morgan fingerprint density at radius 2 is 1.13 bits per heavy atom. The quantitative estimate of drug-likeness (QED) is 0.227. The van der Waals surface area contributed by atoms with Gasteiger partial charge in [-0.15, -0.1) is 0 Å². The third kappa shape index (κ3) is 8.80. The lowest BCUT2D eigenvalue weighted by atomic mass is 9.64. The number of benzene rings is 1. The second-order valence-corrected chi connectivity index (χ2v) is 13.0. The van der Waals surface area contributed by atoms with E-state index in [1.165, 1.54) is 102 Å². The number of unbranched alkanes of at least 4 members (excludes halogenated alkanes) is 2. The highest BCUT2D eigenvalue weighted by atomic mass is 19.2. The van der Waals surface area contributed by atoms with Gasteiger partial charge in [-0.1, -0.05) is 58.3 Å². The fourth-order valence-corrected chi connectivity index (χ4v) is 8.12. The van der Waals surface area contributed by atoms with Gasteiger partial charge in [-0.05, 0) is 112 Å². The highest BCUT2D eigenvalue weighted by Gasteiger charge is 2.35. The third-order valence-electron chi connectivity index (χ3n) is 10.5. The number of halogens is 3. The Balaban J connectivity index is 1.11. The summed E-state index contributed by atoms with van der Waals surface area (Å²) >= 11 is 0. The predicted molar refractivity (Wildman–Crippen MR) is 153 cm³/mol. The van der Waals surface area contributed by atoms with Crippen molar-refractivity contribution in [2.75, 3.05) is 13.2 Å². The molecule has 1 aromatic rings. The molecule has 2 nitrogen and oxygen atoms in total. The second-order valence-electron chi connectivity index (χ2n) is 13.0. The van der Waals surface area contributed by atoms with Crippen molar-refractivity contribution in [3.8, 4) is 11.5 Å². The molecular weight excluding hydrogens is 497 g/mol. The van der Waals surface area contributed by atoms with Crippen LogP contribution in [0.3, 0.4) is 0 Å². The summed E-state index contributed by atoms with van der Waals surface area (Å²) in [5, 5.41) is 0. The Morgan fingerprint density at radius 1 is 0.667 bits per heavy atom. The maximum absolute atomic E-state index is 14.7. The molecule has 0 bridgehead atoms. The smallest absolute Gasteiger partial charge is 0.204 e. The van der Waals surface area contributed by atoms with Crippen molar-refractivity contribution in [3.63, 3.8) is 0 Å². The second kappa shape index (κ2) is 15.6. The lowest BCUT2D eigenvalue weighted by Gasteiger charge is -2.41. The largest absolute Gasteiger partial charge is 0.491 e. The normalized spacial score (nSPS) is 30.6. The lowest BCUT2D eigenvalue weighted by Crippen LogP contribution is -2.30. The molecule has 1 aromatic carbocycles. The zero-order valence-electron chi connectivity index (χ0n) is 24.6. The highest BCUT2D eigenvalue weighted by molar-refractivity contribution is 5.35. The van der Waals surface area contributed by atoms with Crippen LogP contribution in [0.5, 0.6) is 11.5 Å². The van der Waals surface area contributed by atoms with E-state index in [-0.39, 0.29) is 24.7 Å². The molecule has 0 heterocycles. The first kappa shape index (κ1) is 30.6. The molecule has 0 N–H and O–H groups in total. The molecule has 0 saturated heterocycles. The summed E-state index contributed by atoms with van der Waals surface area (Å²) in [7, 11) is 0. The topological polar surface area (TPSA) is 18.5 Å². The fraction of sp³-hybridized carbons (Fsp3) is 0.824. The minimum absolute atomic E-state index is 0.148. The van der Waals surface area contributed by atoms with Crippen LogP contribution in [0.1, 0.15) is 123 Å². The van der Waals surface area contributed by atoms with E-state index < -0.39 is 17.8 Å². The van der Waals surface area contributed by atoms with E-state index in [4.69, 9.17) is 9.47 Å². The van der Waals surface area contributed by atoms with E-state index in [0.29, 0.717) is 12.3 Å². The summed E-state index contributed by atoms with van der Waals surface area (Å²) in [5.41, 5.74) is 0. The predicted octanol–water partition coefficient (Wildman–Crippen LogP) is 10.5. The van der Waals surface area contributed by atoms with Crippen molar-refractivity contribution in [3.05, 3.63) is 23.8 Å². The molecule has 0 aromatic heterocycles. The van der Waals surface area contributed by atoms with Gasteiger partial charge < -0.3 is 9.47 Å². The number of hydrogen-bond acceptors (Lipinski definition) is 2. The first-order valence-electron chi connectivity index (χ1n) is 16.4. The van der Waals surface area contributed by atoms with Crippen LogP contribution in [0.25, 0.3) is 0 Å². The molecule has 0 radical (unpaired) electrons. The van der Waals surface area contributed by atoms with Gasteiger partial charge in [0.2, 0.25) is 11.6 Å². The first-order chi connectivity index (χ1) is 19.0. The van der Waals surface area contributed by atoms with Crippen LogP contribution in [0, 0.1) is 47.1 Å². The van der Waals surface area contributed by atoms with Crippen molar-refractivity contribution in [2.24, 2.45) is 35.5 Å². The van der Waals surface area contributed by atoms with Gasteiger partial charge in [-0.2, -0.15) is 8.78 Å². The Hall–Kier alpha value is -1.39. The summed E-state index contributed by atoms with van der Waals surface area (Å²) in [4.78, 5) is 0. The third-order valence-corrected chi connectivity index (χ3v) is 10.5. The van der Waals surface area contributed by atoms with E-state index in [9.17, 15) is 13.2 Å². The molecule has 3 aliphatic rings. The zero-order valence-corrected chi connectivity index (χ0v) is 24.6. The van der Waals surface area contributed by atoms with Crippen LogP contribution in [-0.4, -0.2) is 19.4 Å². The van der Waals surface area contributed by atoms with Gasteiger partial charge in [0.1, 0.15) is 12.8 Å². The monoisotopic (exact) mass is 550 g/mol. The first-order valence-corrected chi connectivity index (χ1v) is 16.4. The van der Waals surface area contributed by atoms with Crippen LogP contribution in [-0.2, 0) is 0 Å². The van der Waals surface area contributed by atoms with Crippen LogP contribution in [0.4, 0.5) is 13.2 Å². The molecule has 0 amide bonds. The van der Waals surface area contributed by atoms with Gasteiger partial charge in [0.15, 0.2) is 11.5 Å². The molecule has 1 unspecified atom stereocenters. The fourth-order valence-electron chi connectivity index (χ4n) is 8.12. The van der Waals surface area contributed by atoms with Gasteiger partial charge >= 0.3 is 0 Å². The molecule has 0 aliphatic heterocycles. The molecule has 5 heteroatoms. The summed E-state index contributed by atoms with van der Waals surface area (Å²) in [6.07, 6.45) is 21.1. The van der Waals surface area contributed by atoms with Gasteiger partial charge in [0, 0.05) is 0 Å². The van der Waals surface area contributed by atoms with E-state index in [2.05, 4.69) is 6.92 Å². The molecular formula is C34H53F3O2. The molecule has 39 heavy (non-hydrogen) atoms. The molecule has 1 atom stereocenters. The highest BCUT2D eigenvalue weighted by Crippen LogP contribution is 2.46. The molecule has 222 valence electrons. The van der Waals surface area contributed by atoms with Crippen molar-refractivity contribution >= 4 is 0 Å². The van der Waals surface area contributed by atoms with Gasteiger partial charge in [0.25, 0.3) is 0 Å². The van der Waals surface area contributed by atoms with Gasteiger partial charge in [-0.25, -0.2) is 4.39 Å². The average molecular weight is 551 g/mol. The van der Waals surface area contributed by atoms with Crippen molar-refractivity contribution in [2.45, 2.75) is 129 Å². The van der Waals surface area contributed by atoms with Crippen LogP contribution >= 0.6 is 0 Å². The number of ether oxygens (including phenoxy) is 2. The minimum Gasteiger partial charge on any atom is -0.491 e. The lowest BCUT2D eigenvalue weighted by molar-refractivity contribution is 0.0932. The standard InChI is InChI=1S/C34H53F3O2/c1-3-5-6-7-24-8-12-26(13-9-24)28-16-18-29(19-17-28)27-14-10-25(11-15-27)22-30(35)23-39-32-21-20-31(38-4-2)33(36)34(32)37/h20-21,24-30H,3-19,22-23H2,1-2H3. The maximum atomic E-state index is 14.7. The van der Waals surface area contributed by atoms with Gasteiger partial charge in [-0.3, -0.25) is 0 Å². The van der Waals surface area contributed by atoms with E-state index >= 15 is 0 Å². The Kier molecular flexibility index (Phi) is 12.2. The SMILES string of the molecule is CCCCCC1CCC(C2CCC(C3CCC(CC(F)COc4ccc(OCC)c(F)c4F)CC3)CC2)CC1. The van der Waals surface area contributed by atoms with Crippen LogP contribution < -0.4 is 9.47 Å². The molecule has 3 aliphatic carbocycles. The van der Waals surface area contributed by atoms with Gasteiger partial charge in [0.05, 0.1) is 6.61 Å². The number of alkyl halides is 1.